The van der Waals surface area contributed by atoms with Crippen molar-refractivity contribution in [1.29, 1.82) is 0 Å². The van der Waals surface area contributed by atoms with Crippen LogP contribution in [0.4, 0.5) is 18.9 Å². The maximum Gasteiger partial charge on any atom is 0.432 e. The van der Waals surface area contributed by atoms with E-state index in [0.717, 1.165) is 24.3 Å². The van der Waals surface area contributed by atoms with Crippen molar-refractivity contribution >= 4 is 40.8 Å². The van der Waals surface area contributed by atoms with Crippen molar-refractivity contribution in [2.45, 2.75) is 18.7 Å². The van der Waals surface area contributed by atoms with Crippen molar-refractivity contribution in [1.82, 2.24) is 0 Å². The molecule has 0 aliphatic carbocycles. The van der Waals surface area contributed by atoms with Gasteiger partial charge in [0.1, 0.15) is 0 Å². The number of rotatable bonds is 5. The number of amides is 1. The Morgan fingerprint density at radius 2 is 1.68 bits per heavy atom. The van der Waals surface area contributed by atoms with Gasteiger partial charge in [-0.15, -0.1) is 0 Å². The van der Waals surface area contributed by atoms with Gasteiger partial charge in [0, 0.05) is 16.8 Å². The lowest BCUT2D eigenvalue weighted by Gasteiger charge is -2.28. The van der Waals surface area contributed by atoms with Gasteiger partial charge in [-0.2, -0.15) is 13.2 Å². The predicted molar refractivity (Wildman–Crippen MR) is 97.4 cm³/mol. The number of hydrogen-bond acceptors (Lipinski definition) is 4. The fraction of sp³-hybridized carbons (Fsp3) is 0.222. The summed E-state index contributed by atoms with van der Waals surface area (Å²) in [5.74, 6) is -2.42. The minimum absolute atomic E-state index is 0.133. The number of esters is 1. The molecule has 1 atom stereocenters. The van der Waals surface area contributed by atoms with Gasteiger partial charge in [-0.3, -0.25) is 4.79 Å². The van der Waals surface area contributed by atoms with E-state index in [1.54, 1.807) is 0 Å². The number of carbonyl (C=O) groups excluding carboxylic acids is 2. The molecular formula is C18H14Cl2F3NO4. The van der Waals surface area contributed by atoms with Gasteiger partial charge >= 0.3 is 12.1 Å². The van der Waals surface area contributed by atoms with E-state index in [9.17, 15) is 27.9 Å². The fourth-order valence-electron chi connectivity index (χ4n) is 2.27. The van der Waals surface area contributed by atoms with E-state index in [4.69, 9.17) is 23.2 Å². The van der Waals surface area contributed by atoms with Crippen LogP contribution in [0.15, 0.2) is 42.5 Å². The summed E-state index contributed by atoms with van der Waals surface area (Å²) in [6.07, 6.45) is -5.30. The number of carbonyl (C=O) groups is 2. The highest BCUT2D eigenvalue weighted by atomic mass is 35.5. The molecule has 0 radical (unpaired) electrons. The largest absolute Gasteiger partial charge is 0.463 e. The Hall–Kier alpha value is -2.29. The SMILES string of the molecule is CCOC(=O)[C@@](O)(c1ccc(NC(=O)c2ccc(Cl)c(Cl)c2)cc1)C(F)(F)F. The van der Waals surface area contributed by atoms with Crippen LogP contribution in [-0.2, 0) is 15.1 Å². The number of anilines is 1. The molecule has 2 rings (SSSR count). The standard InChI is InChI=1S/C18H14Cl2F3NO4/c1-2-28-16(26)17(27,18(21,22)23)11-4-6-12(7-5-11)24-15(25)10-3-8-13(19)14(20)9-10/h3-9,27H,2H2,1H3,(H,24,25)/t17-/m0/s1. The molecule has 28 heavy (non-hydrogen) atoms. The van der Waals surface area contributed by atoms with E-state index in [1.165, 1.54) is 25.1 Å². The highest BCUT2D eigenvalue weighted by molar-refractivity contribution is 6.42. The van der Waals surface area contributed by atoms with Crippen LogP contribution in [0, 0.1) is 0 Å². The van der Waals surface area contributed by atoms with Gasteiger partial charge < -0.3 is 15.2 Å². The van der Waals surface area contributed by atoms with Crippen LogP contribution in [-0.4, -0.2) is 29.8 Å². The molecule has 0 spiro atoms. The van der Waals surface area contributed by atoms with Crippen molar-refractivity contribution in [2.24, 2.45) is 0 Å². The third-order valence-electron chi connectivity index (χ3n) is 3.72. The summed E-state index contributed by atoms with van der Waals surface area (Å²) in [7, 11) is 0. The summed E-state index contributed by atoms with van der Waals surface area (Å²) in [6.45, 7) is 0.978. The Morgan fingerprint density at radius 3 is 2.18 bits per heavy atom. The molecule has 0 aliphatic heterocycles. The first-order valence-corrected chi connectivity index (χ1v) is 8.59. The van der Waals surface area contributed by atoms with Crippen LogP contribution < -0.4 is 5.32 Å². The molecule has 0 saturated carbocycles. The lowest BCUT2D eigenvalue weighted by molar-refractivity contribution is -0.267. The number of benzene rings is 2. The van der Waals surface area contributed by atoms with Crippen LogP contribution in [0.1, 0.15) is 22.8 Å². The zero-order valence-corrected chi connectivity index (χ0v) is 15.8. The fourth-order valence-corrected chi connectivity index (χ4v) is 2.57. The first-order chi connectivity index (χ1) is 13.0. The van der Waals surface area contributed by atoms with Gasteiger partial charge in [0.25, 0.3) is 11.5 Å². The molecule has 0 bridgehead atoms. The van der Waals surface area contributed by atoms with Crippen LogP contribution in [0.25, 0.3) is 0 Å². The maximum atomic E-state index is 13.3. The molecule has 2 aromatic rings. The molecule has 0 aliphatic rings. The van der Waals surface area contributed by atoms with Crippen molar-refractivity contribution in [3.05, 3.63) is 63.6 Å². The van der Waals surface area contributed by atoms with Crippen LogP contribution in [0.5, 0.6) is 0 Å². The monoisotopic (exact) mass is 435 g/mol. The number of alkyl halides is 3. The van der Waals surface area contributed by atoms with E-state index in [0.29, 0.717) is 0 Å². The van der Waals surface area contributed by atoms with Gasteiger partial charge in [0.05, 0.1) is 16.7 Å². The summed E-state index contributed by atoms with van der Waals surface area (Å²) in [4.78, 5) is 23.9. The number of nitrogens with one attached hydrogen (secondary N) is 1. The Kier molecular flexibility index (Phi) is 6.59. The van der Waals surface area contributed by atoms with Gasteiger partial charge in [0.15, 0.2) is 0 Å². The summed E-state index contributed by atoms with van der Waals surface area (Å²) in [5.41, 5.74) is -4.26. The van der Waals surface area contributed by atoms with E-state index in [-0.39, 0.29) is 27.9 Å². The molecule has 0 fully saturated rings. The van der Waals surface area contributed by atoms with Crippen molar-refractivity contribution < 1.29 is 32.6 Å². The van der Waals surface area contributed by atoms with Gasteiger partial charge in [-0.25, -0.2) is 4.79 Å². The van der Waals surface area contributed by atoms with E-state index in [1.807, 2.05) is 0 Å². The molecule has 0 aromatic heterocycles. The second-order valence-corrected chi connectivity index (χ2v) is 6.40. The summed E-state index contributed by atoms with van der Waals surface area (Å²) in [6, 6.07) is 8.13. The number of halogens is 5. The quantitative estimate of drug-likeness (QED) is 0.675. The lowest BCUT2D eigenvalue weighted by Crippen LogP contribution is -2.50. The van der Waals surface area contributed by atoms with Crippen LogP contribution >= 0.6 is 23.2 Å². The van der Waals surface area contributed by atoms with Crippen LogP contribution in [0.3, 0.4) is 0 Å². The van der Waals surface area contributed by atoms with Gasteiger partial charge in [-0.1, -0.05) is 35.3 Å². The number of aliphatic hydroxyl groups is 1. The lowest BCUT2D eigenvalue weighted by atomic mass is 9.93. The molecule has 0 unspecified atom stereocenters. The first kappa shape index (κ1) is 22.0. The summed E-state index contributed by atoms with van der Waals surface area (Å²) in [5, 5.41) is 12.9. The smallest absolute Gasteiger partial charge is 0.432 e. The highest BCUT2D eigenvalue weighted by Crippen LogP contribution is 2.40. The Labute approximate surface area is 168 Å². The van der Waals surface area contributed by atoms with Crippen molar-refractivity contribution in [2.75, 3.05) is 11.9 Å². The molecule has 2 aromatic carbocycles. The second kappa shape index (κ2) is 8.38. The average Bonchev–Trinajstić information content (AvgIpc) is 2.63. The molecular weight excluding hydrogens is 422 g/mol. The van der Waals surface area contributed by atoms with Crippen molar-refractivity contribution in [3.63, 3.8) is 0 Å². The van der Waals surface area contributed by atoms with Gasteiger partial charge in [0.2, 0.25) is 0 Å². The van der Waals surface area contributed by atoms with E-state index in [2.05, 4.69) is 10.1 Å². The third kappa shape index (κ3) is 4.40. The molecule has 10 heteroatoms. The third-order valence-corrected chi connectivity index (χ3v) is 4.46. The molecule has 2 N–H and O–H groups in total. The number of hydrogen-bond donors (Lipinski definition) is 2. The van der Waals surface area contributed by atoms with E-state index < -0.39 is 29.2 Å². The van der Waals surface area contributed by atoms with Crippen molar-refractivity contribution in [3.8, 4) is 0 Å². The van der Waals surface area contributed by atoms with Crippen LogP contribution in [0.2, 0.25) is 10.0 Å². The van der Waals surface area contributed by atoms with E-state index >= 15 is 0 Å². The zero-order chi connectivity index (χ0) is 21.1. The zero-order valence-electron chi connectivity index (χ0n) is 14.3. The Morgan fingerprint density at radius 1 is 1.07 bits per heavy atom. The summed E-state index contributed by atoms with van der Waals surface area (Å²) < 4.78 is 44.3. The normalized spacial score (nSPS) is 13.5. The minimum Gasteiger partial charge on any atom is -0.463 e. The maximum absolute atomic E-state index is 13.3. The minimum atomic E-state index is -5.30. The highest BCUT2D eigenvalue weighted by Gasteiger charge is 2.62. The summed E-state index contributed by atoms with van der Waals surface area (Å²) >= 11 is 11.6. The second-order valence-electron chi connectivity index (χ2n) is 5.59. The Balaban J connectivity index is 2.27. The first-order valence-electron chi connectivity index (χ1n) is 7.84. The topological polar surface area (TPSA) is 75.6 Å². The molecule has 150 valence electrons. The molecule has 0 saturated heterocycles. The molecule has 1 amide bonds. The Bertz CT molecular complexity index is 887. The van der Waals surface area contributed by atoms with Gasteiger partial charge in [-0.05, 0) is 37.3 Å². The molecule has 0 heterocycles. The average molecular weight is 436 g/mol. The number of ether oxygens (including phenoxy) is 1. The predicted octanol–water partition coefficient (Wildman–Crippen LogP) is 4.56. The molecule has 5 nitrogen and oxygen atoms in total.